The van der Waals surface area contributed by atoms with Crippen molar-refractivity contribution < 1.29 is 4.84 Å². The molecule has 0 saturated carbocycles. The second-order valence-corrected chi connectivity index (χ2v) is 3.17. The molecule has 0 spiro atoms. The summed E-state index contributed by atoms with van der Waals surface area (Å²) in [6, 6.07) is 7.73. The third-order valence-corrected chi connectivity index (χ3v) is 2.01. The van der Waals surface area contributed by atoms with Gasteiger partial charge in [0.15, 0.2) is 0 Å². The molecule has 0 bridgehead atoms. The maximum atomic E-state index is 5.65. The summed E-state index contributed by atoms with van der Waals surface area (Å²) in [6.45, 7) is 0.691. The van der Waals surface area contributed by atoms with Gasteiger partial charge in [-0.25, -0.2) is 0 Å². The lowest BCUT2D eigenvalue weighted by Crippen LogP contribution is -1.88. The van der Waals surface area contributed by atoms with Crippen LogP contribution < -0.4 is 5.73 Å². The van der Waals surface area contributed by atoms with Gasteiger partial charge in [0.2, 0.25) is 0 Å². The summed E-state index contributed by atoms with van der Waals surface area (Å²) >= 11 is 0. The molecule has 0 atom stereocenters. The first-order valence-electron chi connectivity index (χ1n) is 4.57. The number of hydrogen-bond donors (Lipinski definition) is 1. The van der Waals surface area contributed by atoms with E-state index >= 15 is 0 Å². The summed E-state index contributed by atoms with van der Waals surface area (Å²) in [5, 5.41) is 3.87. The third-order valence-electron chi connectivity index (χ3n) is 2.01. The second-order valence-electron chi connectivity index (χ2n) is 3.17. The van der Waals surface area contributed by atoms with Crippen LogP contribution in [0, 0.1) is 0 Å². The van der Waals surface area contributed by atoms with Crippen molar-refractivity contribution >= 4 is 17.5 Å². The van der Waals surface area contributed by atoms with Crippen LogP contribution in [-0.2, 0) is 4.84 Å². The average Bonchev–Trinajstić information content (AvgIpc) is 2.67. The van der Waals surface area contributed by atoms with Crippen molar-refractivity contribution in [3.8, 4) is 0 Å². The number of nitrogens with zero attached hydrogens (tertiary/aromatic N) is 1. The highest BCUT2D eigenvalue weighted by atomic mass is 16.6. The number of anilines is 1. The van der Waals surface area contributed by atoms with E-state index in [1.54, 1.807) is 0 Å². The topological polar surface area (TPSA) is 47.6 Å². The van der Waals surface area contributed by atoms with Gasteiger partial charge in [0, 0.05) is 12.1 Å². The summed E-state index contributed by atoms with van der Waals surface area (Å²) < 4.78 is 0. The predicted molar refractivity (Wildman–Crippen MR) is 57.9 cm³/mol. The Labute approximate surface area is 82.9 Å². The van der Waals surface area contributed by atoms with Crippen molar-refractivity contribution in [1.29, 1.82) is 0 Å². The molecular formula is C11H12N2O. The monoisotopic (exact) mass is 188 g/mol. The maximum Gasteiger partial charge on any atom is 0.122 e. The number of nitrogens with two attached hydrogens (primary N) is 1. The summed E-state index contributed by atoms with van der Waals surface area (Å²) in [7, 11) is 0. The fourth-order valence-electron chi connectivity index (χ4n) is 1.29. The zero-order valence-corrected chi connectivity index (χ0v) is 7.81. The van der Waals surface area contributed by atoms with Gasteiger partial charge >= 0.3 is 0 Å². The summed E-state index contributed by atoms with van der Waals surface area (Å²) in [4.78, 5) is 4.88. The Balaban J connectivity index is 2.09. The summed E-state index contributed by atoms with van der Waals surface area (Å²) in [5.41, 5.74) is 8.49. The standard InChI is InChI=1S/C11H12N2O/c12-10-3-1-2-9(8-10)4-5-11-6-7-14-13-11/h1-5,8H,6-7,12H2/b5-4+. The van der Waals surface area contributed by atoms with E-state index in [1.165, 1.54) is 0 Å². The summed E-state index contributed by atoms with van der Waals surface area (Å²) in [5.74, 6) is 0. The van der Waals surface area contributed by atoms with Gasteiger partial charge in [-0.15, -0.1) is 0 Å². The average molecular weight is 188 g/mol. The van der Waals surface area contributed by atoms with Gasteiger partial charge in [0.25, 0.3) is 0 Å². The van der Waals surface area contributed by atoms with E-state index in [0.29, 0.717) is 6.61 Å². The molecule has 0 amide bonds. The fraction of sp³-hybridized carbons (Fsp3) is 0.182. The van der Waals surface area contributed by atoms with Crippen LogP contribution >= 0.6 is 0 Å². The first-order valence-corrected chi connectivity index (χ1v) is 4.57. The zero-order chi connectivity index (χ0) is 9.80. The number of hydrogen-bond acceptors (Lipinski definition) is 3. The Hall–Kier alpha value is -1.77. The normalized spacial score (nSPS) is 15.6. The van der Waals surface area contributed by atoms with Gasteiger partial charge in [-0.1, -0.05) is 23.4 Å². The van der Waals surface area contributed by atoms with Crippen LogP contribution in [0.15, 0.2) is 35.5 Å². The molecule has 0 fully saturated rings. The molecular weight excluding hydrogens is 176 g/mol. The Morgan fingerprint density at radius 2 is 2.29 bits per heavy atom. The van der Waals surface area contributed by atoms with Crippen LogP contribution in [0.4, 0.5) is 5.69 Å². The number of oxime groups is 1. The van der Waals surface area contributed by atoms with Gasteiger partial charge in [-0.3, -0.25) is 0 Å². The zero-order valence-electron chi connectivity index (χ0n) is 7.81. The Kier molecular flexibility index (Phi) is 2.49. The molecule has 1 aliphatic rings. The molecule has 72 valence electrons. The molecule has 0 aromatic heterocycles. The molecule has 3 heteroatoms. The minimum Gasteiger partial charge on any atom is -0.399 e. The van der Waals surface area contributed by atoms with E-state index in [1.807, 2.05) is 36.4 Å². The van der Waals surface area contributed by atoms with Crippen LogP contribution in [0.1, 0.15) is 12.0 Å². The van der Waals surface area contributed by atoms with Crippen LogP contribution in [0.2, 0.25) is 0 Å². The predicted octanol–water partition coefficient (Wildman–Crippen LogP) is 2.06. The molecule has 2 N–H and O–H groups in total. The van der Waals surface area contributed by atoms with Crippen molar-refractivity contribution in [2.75, 3.05) is 12.3 Å². The fourth-order valence-corrected chi connectivity index (χ4v) is 1.29. The molecule has 2 rings (SSSR count). The smallest absolute Gasteiger partial charge is 0.122 e. The molecule has 14 heavy (non-hydrogen) atoms. The van der Waals surface area contributed by atoms with Crippen molar-refractivity contribution in [1.82, 2.24) is 0 Å². The second kappa shape index (κ2) is 3.96. The minimum atomic E-state index is 0.691. The van der Waals surface area contributed by atoms with Gasteiger partial charge in [-0.2, -0.15) is 0 Å². The molecule has 1 aromatic rings. The SMILES string of the molecule is Nc1cccc(/C=C/C2=NOCC2)c1. The lowest BCUT2D eigenvalue weighted by Gasteiger charge is -1.94. The lowest BCUT2D eigenvalue weighted by molar-refractivity contribution is 0.174. The molecule has 1 heterocycles. The highest BCUT2D eigenvalue weighted by Crippen LogP contribution is 2.09. The highest BCUT2D eigenvalue weighted by molar-refractivity contribution is 5.98. The van der Waals surface area contributed by atoms with E-state index in [-0.39, 0.29) is 0 Å². The highest BCUT2D eigenvalue weighted by Gasteiger charge is 2.02. The molecule has 0 aliphatic carbocycles. The third kappa shape index (κ3) is 2.13. The van der Waals surface area contributed by atoms with Crippen LogP contribution in [0.3, 0.4) is 0 Å². The lowest BCUT2D eigenvalue weighted by atomic mass is 10.1. The van der Waals surface area contributed by atoms with Crippen molar-refractivity contribution in [3.63, 3.8) is 0 Å². The number of rotatable bonds is 2. The van der Waals surface area contributed by atoms with Gasteiger partial charge in [0.05, 0.1) is 5.71 Å². The van der Waals surface area contributed by atoms with Crippen molar-refractivity contribution in [3.05, 3.63) is 35.9 Å². The van der Waals surface area contributed by atoms with E-state index in [9.17, 15) is 0 Å². The van der Waals surface area contributed by atoms with Crippen molar-refractivity contribution in [2.24, 2.45) is 5.16 Å². The van der Waals surface area contributed by atoms with Gasteiger partial charge in [-0.05, 0) is 23.8 Å². The largest absolute Gasteiger partial charge is 0.399 e. The molecule has 0 unspecified atom stereocenters. The first-order chi connectivity index (χ1) is 6.84. The van der Waals surface area contributed by atoms with Gasteiger partial charge in [0.1, 0.15) is 6.61 Å². The van der Waals surface area contributed by atoms with Crippen LogP contribution in [0.5, 0.6) is 0 Å². The number of benzene rings is 1. The number of nitrogen functional groups attached to an aromatic ring is 1. The van der Waals surface area contributed by atoms with Gasteiger partial charge < -0.3 is 10.6 Å². The van der Waals surface area contributed by atoms with Crippen LogP contribution in [-0.4, -0.2) is 12.3 Å². The van der Waals surface area contributed by atoms with E-state index in [4.69, 9.17) is 10.6 Å². The number of allylic oxidation sites excluding steroid dienone is 1. The minimum absolute atomic E-state index is 0.691. The maximum absolute atomic E-state index is 5.65. The van der Waals surface area contributed by atoms with E-state index in [2.05, 4.69) is 5.16 Å². The Morgan fingerprint density at radius 3 is 3.00 bits per heavy atom. The van der Waals surface area contributed by atoms with E-state index in [0.717, 1.165) is 23.4 Å². The Morgan fingerprint density at radius 1 is 1.36 bits per heavy atom. The van der Waals surface area contributed by atoms with Crippen molar-refractivity contribution in [2.45, 2.75) is 6.42 Å². The summed E-state index contributed by atoms with van der Waals surface area (Å²) in [6.07, 6.45) is 4.84. The Bertz CT molecular complexity index is 383. The quantitative estimate of drug-likeness (QED) is 0.722. The molecule has 1 aromatic carbocycles. The molecule has 1 aliphatic heterocycles. The molecule has 0 radical (unpaired) electrons. The van der Waals surface area contributed by atoms with Crippen LogP contribution in [0.25, 0.3) is 6.08 Å². The van der Waals surface area contributed by atoms with E-state index < -0.39 is 0 Å². The molecule has 0 saturated heterocycles. The first kappa shape index (κ1) is 8.81. The molecule has 3 nitrogen and oxygen atoms in total.